The van der Waals surface area contributed by atoms with Crippen molar-refractivity contribution in [2.75, 3.05) is 13.6 Å². The van der Waals surface area contributed by atoms with Gasteiger partial charge in [-0.3, -0.25) is 4.79 Å². The lowest BCUT2D eigenvalue weighted by Crippen LogP contribution is -2.24. The fourth-order valence-corrected chi connectivity index (χ4v) is 2.21. The van der Waals surface area contributed by atoms with Crippen LogP contribution < -0.4 is 5.32 Å². The first-order valence-electron chi connectivity index (χ1n) is 4.13. The minimum Gasteiger partial charge on any atom is -0.319 e. The molecule has 1 N–H and O–H groups in total. The Bertz CT molecular complexity index is 149. The minimum atomic E-state index is 0.0720. The van der Waals surface area contributed by atoms with Crippen LogP contribution in [0, 0.1) is 11.8 Å². The summed E-state index contributed by atoms with van der Waals surface area (Å²) < 4.78 is 0. The van der Waals surface area contributed by atoms with E-state index in [0.29, 0.717) is 5.92 Å². The van der Waals surface area contributed by atoms with E-state index in [9.17, 15) is 4.79 Å². The van der Waals surface area contributed by atoms with Crippen molar-refractivity contribution in [1.82, 2.24) is 5.32 Å². The molecule has 0 aromatic carbocycles. The van der Waals surface area contributed by atoms with Crippen LogP contribution in [0.4, 0.5) is 0 Å². The molecule has 0 saturated heterocycles. The predicted octanol–water partition coefficient (Wildman–Crippen LogP) is 1.08. The Morgan fingerprint density at radius 1 is 1.64 bits per heavy atom. The molecule has 11 heavy (non-hydrogen) atoms. The lowest BCUT2D eigenvalue weighted by Gasteiger charge is -2.14. The summed E-state index contributed by atoms with van der Waals surface area (Å²) in [6.45, 7) is 0.955. The maximum Gasteiger partial charge on any atom is 0.189 e. The summed E-state index contributed by atoms with van der Waals surface area (Å²) in [7, 11) is 1.93. The zero-order chi connectivity index (χ0) is 8.27. The summed E-state index contributed by atoms with van der Waals surface area (Å²) >= 11 is 3.88. The third-order valence-electron chi connectivity index (χ3n) is 2.44. The monoisotopic (exact) mass is 173 g/mol. The van der Waals surface area contributed by atoms with E-state index in [1.165, 1.54) is 12.8 Å². The van der Waals surface area contributed by atoms with Crippen molar-refractivity contribution in [3.8, 4) is 0 Å². The summed E-state index contributed by atoms with van der Waals surface area (Å²) in [5, 5.41) is 3.18. The first-order valence-corrected chi connectivity index (χ1v) is 4.58. The standard InChI is InChI=1S/C8H15NOS/c1-9-5-6-3-2-4-7(6)8(10)11/h6-7,9H,2-5H2,1H3,(H,10,11). The second kappa shape index (κ2) is 4.12. The van der Waals surface area contributed by atoms with Crippen molar-refractivity contribution in [2.24, 2.45) is 11.8 Å². The van der Waals surface area contributed by atoms with E-state index in [1.807, 2.05) is 7.05 Å². The SMILES string of the molecule is CNCC1CCCC1C(=O)S. The highest BCUT2D eigenvalue weighted by molar-refractivity contribution is 7.96. The van der Waals surface area contributed by atoms with Crippen LogP contribution in [0.2, 0.25) is 0 Å². The molecule has 0 amide bonds. The smallest absolute Gasteiger partial charge is 0.189 e. The quantitative estimate of drug-likeness (QED) is 0.625. The predicted molar refractivity (Wildman–Crippen MR) is 48.8 cm³/mol. The van der Waals surface area contributed by atoms with Gasteiger partial charge in [-0.2, -0.15) is 0 Å². The van der Waals surface area contributed by atoms with Gasteiger partial charge in [0.05, 0.1) is 0 Å². The third-order valence-corrected chi connectivity index (χ3v) is 2.77. The minimum absolute atomic E-state index is 0.0720. The zero-order valence-electron chi connectivity index (χ0n) is 6.84. The molecule has 0 bridgehead atoms. The molecular weight excluding hydrogens is 158 g/mol. The Hall–Kier alpha value is -0.0200. The molecule has 0 radical (unpaired) electrons. The first-order chi connectivity index (χ1) is 5.25. The summed E-state index contributed by atoms with van der Waals surface area (Å²) in [6, 6.07) is 0. The van der Waals surface area contributed by atoms with Crippen molar-refractivity contribution >= 4 is 17.7 Å². The summed E-state index contributed by atoms with van der Waals surface area (Å²) in [5.74, 6) is 0.746. The van der Waals surface area contributed by atoms with Gasteiger partial charge in [-0.15, -0.1) is 12.6 Å². The fourth-order valence-electron chi connectivity index (χ4n) is 1.87. The van der Waals surface area contributed by atoms with Crippen LogP contribution in [0.3, 0.4) is 0 Å². The number of hydrogen-bond donors (Lipinski definition) is 2. The number of nitrogens with one attached hydrogen (secondary N) is 1. The van der Waals surface area contributed by atoms with Crippen molar-refractivity contribution < 1.29 is 4.79 Å². The molecule has 2 unspecified atom stereocenters. The highest BCUT2D eigenvalue weighted by Gasteiger charge is 2.30. The van der Waals surface area contributed by atoms with Crippen molar-refractivity contribution in [3.05, 3.63) is 0 Å². The lowest BCUT2D eigenvalue weighted by molar-refractivity contribution is -0.115. The van der Waals surface area contributed by atoms with Crippen LogP contribution in [0.25, 0.3) is 0 Å². The fraction of sp³-hybridized carbons (Fsp3) is 0.875. The van der Waals surface area contributed by atoms with Crippen molar-refractivity contribution in [3.63, 3.8) is 0 Å². The largest absolute Gasteiger partial charge is 0.319 e. The molecule has 0 aromatic heterocycles. The van der Waals surface area contributed by atoms with Crippen molar-refractivity contribution in [1.29, 1.82) is 0 Å². The number of carbonyl (C=O) groups excluding carboxylic acids is 1. The van der Waals surface area contributed by atoms with E-state index in [0.717, 1.165) is 13.0 Å². The van der Waals surface area contributed by atoms with Gasteiger partial charge in [0.2, 0.25) is 0 Å². The van der Waals surface area contributed by atoms with Gasteiger partial charge in [-0.05, 0) is 32.4 Å². The normalized spacial score (nSPS) is 30.7. The van der Waals surface area contributed by atoms with Crippen LogP contribution in [-0.2, 0) is 4.79 Å². The van der Waals surface area contributed by atoms with Crippen LogP contribution in [0.5, 0.6) is 0 Å². The van der Waals surface area contributed by atoms with Crippen LogP contribution in [0.1, 0.15) is 19.3 Å². The van der Waals surface area contributed by atoms with E-state index < -0.39 is 0 Å². The highest BCUT2D eigenvalue weighted by Crippen LogP contribution is 2.32. The van der Waals surface area contributed by atoms with Gasteiger partial charge in [-0.25, -0.2) is 0 Å². The molecule has 64 valence electrons. The van der Waals surface area contributed by atoms with Crippen LogP contribution >= 0.6 is 12.6 Å². The Labute approximate surface area is 73.2 Å². The van der Waals surface area contributed by atoms with Gasteiger partial charge in [0.1, 0.15) is 0 Å². The molecule has 3 heteroatoms. The molecule has 0 aromatic rings. The molecule has 0 spiro atoms. The molecule has 1 aliphatic carbocycles. The lowest BCUT2D eigenvalue weighted by atomic mass is 9.97. The Morgan fingerprint density at radius 2 is 2.36 bits per heavy atom. The van der Waals surface area contributed by atoms with Crippen molar-refractivity contribution in [2.45, 2.75) is 19.3 Å². The molecule has 0 heterocycles. The second-order valence-electron chi connectivity index (χ2n) is 3.19. The number of rotatable bonds is 3. The molecule has 0 aliphatic heterocycles. The molecule has 2 nitrogen and oxygen atoms in total. The number of hydrogen-bond acceptors (Lipinski definition) is 2. The molecule has 2 atom stereocenters. The Balaban J connectivity index is 2.44. The van der Waals surface area contributed by atoms with Gasteiger partial charge in [0.15, 0.2) is 5.12 Å². The van der Waals surface area contributed by atoms with Gasteiger partial charge in [0, 0.05) is 5.92 Å². The first kappa shape index (κ1) is 9.07. The average Bonchev–Trinajstić information content (AvgIpc) is 2.36. The highest BCUT2D eigenvalue weighted by atomic mass is 32.1. The summed E-state index contributed by atoms with van der Waals surface area (Å²) in [4.78, 5) is 11.0. The Kier molecular flexibility index (Phi) is 3.40. The number of carbonyl (C=O) groups is 1. The topological polar surface area (TPSA) is 29.1 Å². The van der Waals surface area contributed by atoms with E-state index in [-0.39, 0.29) is 11.0 Å². The second-order valence-corrected chi connectivity index (χ2v) is 3.63. The molecule has 1 rings (SSSR count). The molecule has 1 saturated carbocycles. The van der Waals surface area contributed by atoms with Crippen LogP contribution in [-0.4, -0.2) is 18.7 Å². The third kappa shape index (κ3) is 2.20. The van der Waals surface area contributed by atoms with Gasteiger partial charge in [0.25, 0.3) is 0 Å². The summed E-state index contributed by atoms with van der Waals surface area (Å²) in [5.41, 5.74) is 0. The van der Waals surface area contributed by atoms with E-state index in [2.05, 4.69) is 17.9 Å². The van der Waals surface area contributed by atoms with Gasteiger partial charge >= 0.3 is 0 Å². The molecular formula is C8H15NOS. The number of thiol groups is 1. The zero-order valence-corrected chi connectivity index (χ0v) is 7.73. The van der Waals surface area contributed by atoms with E-state index in [4.69, 9.17) is 0 Å². The van der Waals surface area contributed by atoms with Gasteiger partial charge in [-0.1, -0.05) is 6.42 Å². The molecule has 1 fully saturated rings. The average molecular weight is 173 g/mol. The van der Waals surface area contributed by atoms with Gasteiger partial charge < -0.3 is 5.32 Å². The van der Waals surface area contributed by atoms with Crippen LogP contribution in [0.15, 0.2) is 0 Å². The summed E-state index contributed by atoms with van der Waals surface area (Å²) in [6.07, 6.45) is 3.40. The van der Waals surface area contributed by atoms with E-state index in [1.54, 1.807) is 0 Å². The Morgan fingerprint density at radius 3 is 2.91 bits per heavy atom. The molecule has 1 aliphatic rings. The van der Waals surface area contributed by atoms with E-state index >= 15 is 0 Å². The maximum atomic E-state index is 11.0. The maximum absolute atomic E-state index is 11.0.